The predicted molar refractivity (Wildman–Crippen MR) is 194 cm³/mol. The number of nitrogens with zero attached hydrogens (tertiary/aromatic N) is 3. The van der Waals surface area contributed by atoms with Gasteiger partial charge in [-0.15, -0.1) is 0 Å². The first kappa shape index (κ1) is 27.1. The molecule has 0 aliphatic carbocycles. The highest BCUT2D eigenvalue weighted by atomic mass is 15.0. The van der Waals surface area contributed by atoms with Gasteiger partial charge >= 0.3 is 0 Å². The third-order valence-corrected chi connectivity index (χ3v) is 9.06. The Labute approximate surface area is 273 Å². The van der Waals surface area contributed by atoms with E-state index >= 15 is 0 Å². The number of aliphatic imine (C=N–C) groups is 1. The molecule has 1 N–H and O–H groups in total. The van der Waals surface area contributed by atoms with Crippen LogP contribution in [-0.4, -0.2) is 15.1 Å². The Morgan fingerprint density at radius 2 is 1.11 bits per heavy atom. The van der Waals surface area contributed by atoms with Crippen LogP contribution in [0.25, 0.3) is 50.1 Å². The van der Waals surface area contributed by atoms with Gasteiger partial charge in [0.15, 0.2) is 0 Å². The van der Waals surface area contributed by atoms with E-state index in [4.69, 9.17) is 9.98 Å². The standard InChI is InChI=1S/C43H30N4/c1-4-12-31(13-5-1)40-41(32-14-6-2-7-15-32)46-43(42(45-40)33-16-8-3-9-17-33)34-23-20-29(21-24-34)35-25-22-30-26-27-39-44-36-18-10-11-19-37(36)47(39)38(30)28-35/h1-28,42,45H. The highest BCUT2D eigenvalue weighted by molar-refractivity contribution is 6.12. The number of fused-ring (bicyclic) bond motifs is 5. The summed E-state index contributed by atoms with van der Waals surface area (Å²) in [6.07, 6.45) is 0. The van der Waals surface area contributed by atoms with E-state index in [1.807, 2.05) is 12.1 Å². The van der Waals surface area contributed by atoms with Crippen LogP contribution in [0.15, 0.2) is 175 Å². The monoisotopic (exact) mass is 602 g/mol. The zero-order valence-electron chi connectivity index (χ0n) is 25.6. The molecule has 6 aromatic carbocycles. The van der Waals surface area contributed by atoms with Crippen molar-refractivity contribution in [2.24, 2.45) is 4.99 Å². The van der Waals surface area contributed by atoms with Crippen molar-refractivity contribution in [3.8, 4) is 11.1 Å². The molecule has 1 aliphatic heterocycles. The van der Waals surface area contributed by atoms with E-state index in [2.05, 4.69) is 167 Å². The molecular formula is C43H30N4. The van der Waals surface area contributed by atoms with E-state index in [-0.39, 0.29) is 6.04 Å². The summed E-state index contributed by atoms with van der Waals surface area (Å²) in [7, 11) is 0. The number of imidazole rings is 1. The van der Waals surface area contributed by atoms with Gasteiger partial charge in [0, 0.05) is 5.56 Å². The maximum Gasteiger partial charge on any atom is 0.138 e. The summed E-state index contributed by atoms with van der Waals surface area (Å²) in [5.74, 6) is 0. The van der Waals surface area contributed by atoms with Crippen LogP contribution >= 0.6 is 0 Å². The Morgan fingerprint density at radius 3 is 1.87 bits per heavy atom. The molecule has 3 heterocycles. The summed E-state index contributed by atoms with van der Waals surface area (Å²) >= 11 is 0. The molecule has 8 aromatic rings. The van der Waals surface area contributed by atoms with Gasteiger partial charge in [-0.3, -0.25) is 4.40 Å². The van der Waals surface area contributed by atoms with Crippen LogP contribution < -0.4 is 5.32 Å². The van der Waals surface area contributed by atoms with E-state index in [1.54, 1.807) is 0 Å². The van der Waals surface area contributed by atoms with Crippen molar-refractivity contribution in [2.75, 3.05) is 0 Å². The van der Waals surface area contributed by atoms with Gasteiger partial charge in [-0.2, -0.15) is 0 Å². The fourth-order valence-corrected chi connectivity index (χ4v) is 6.73. The van der Waals surface area contributed by atoms with Crippen LogP contribution in [0, 0.1) is 0 Å². The van der Waals surface area contributed by atoms with Crippen LogP contribution in [0.5, 0.6) is 0 Å². The maximum absolute atomic E-state index is 5.46. The van der Waals surface area contributed by atoms with E-state index in [1.165, 1.54) is 10.9 Å². The lowest BCUT2D eigenvalue weighted by Crippen LogP contribution is -2.32. The molecule has 1 aliphatic rings. The van der Waals surface area contributed by atoms with Crippen molar-refractivity contribution in [3.63, 3.8) is 0 Å². The highest BCUT2D eigenvalue weighted by Gasteiger charge is 2.28. The Morgan fingerprint density at radius 1 is 0.489 bits per heavy atom. The summed E-state index contributed by atoms with van der Waals surface area (Å²) in [6.45, 7) is 0. The summed E-state index contributed by atoms with van der Waals surface area (Å²) in [4.78, 5) is 10.3. The van der Waals surface area contributed by atoms with Crippen molar-refractivity contribution >= 4 is 44.7 Å². The molecule has 2 aromatic heterocycles. The molecule has 0 saturated heterocycles. The van der Waals surface area contributed by atoms with Crippen molar-refractivity contribution in [2.45, 2.75) is 6.04 Å². The number of aromatic nitrogens is 2. The second-order valence-electron chi connectivity index (χ2n) is 11.9. The van der Waals surface area contributed by atoms with Crippen LogP contribution in [0.3, 0.4) is 0 Å². The van der Waals surface area contributed by atoms with Crippen LogP contribution in [-0.2, 0) is 0 Å². The van der Waals surface area contributed by atoms with E-state index < -0.39 is 0 Å². The lowest BCUT2D eigenvalue weighted by molar-refractivity contribution is 0.801. The maximum atomic E-state index is 5.46. The summed E-state index contributed by atoms with van der Waals surface area (Å²) in [5.41, 5.74) is 13.9. The molecule has 0 fully saturated rings. The highest BCUT2D eigenvalue weighted by Crippen LogP contribution is 2.36. The van der Waals surface area contributed by atoms with Gasteiger partial charge in [-0.25, -0.2) is 9.98 Å². The van der Waals surface area contributed by atoms with Gasteiger partial charge in [-0.05, 0) is 63.5 Å². The molecule has 222 valence electrons. The molecule has 0 bridgehead atoms. The molecule has 0 amide bonds. The SMILES string of the molecule is c1ccc(C2=C(c3ccccc3)NC(c3ccccc3)C(c3ccc(-c4ccc5ccc6nc7ccccc7n6c5c4)cc3)=N2)cc1. The van der Waals surface area contributed by atoms with Crippen molar-refractivity contribution in [1.82, 2.24) is 14.7 Å². The van der Waals surface area contributed by atoms with Gasteiger partial charge in [0.1, 0.15) is 5.65 Å². The fourth-order valence-electron chi connectivity index (χ4n) is 6.73. The minimum absolute atomic E-state index is 0.117. The first-order valence-corrected chi connectivity index (χ1v) is 16.0. The molecule has 1 unspecified atom stereocenters. The second-order valence-corrected chi connectivity index (χ2v) is 11.9. The summed E-state index contributed by atoms with van der Waals surface area (Å²) < 4.78 is 2.26. The number of hydrogen-bond acceptors (Lipinski definition) is 3. The van der Waals surface area contributed by atoms with Gasteiger partial charge in [0.25, 0.3) is 0 Å². The largest absolute Gasteiger partial charge is 0.370 e. The van der Waals surface area contributed by atoms with E-state index in [0.29, 0.717) is 0 Å². The number of nitrogens with one attached hydrogen (secondary N) is 1. The van der Waals surface area contributed by atoms with Gasteiger partial charge < -0.3 is 5.32 Å². The average Bonchev–Trinajstić information content (AvgIpc) is 3.55. The van der Waals surface area contributed by atoms with Gasteiger partial charge in [0.05, 0.1) is 39.7 Å². The molecule has 9 rings (SSSR count). The smallest absolute Gasteiger partial charge is 0.138 e. The van der Waals surface area contributed by atoms with E-state index in [9.17, 15) is 0 Å². The lowest BCUT2D eigenvalue weighted by Gasteiger charge is -2.30. The quantitative estimate of drug-likeness (QED) is 0.213. The number of rotatable bonds is 5. The van der Waals surface area contributed by atoms with Gasteiger partial charge in [0.2, 0.25) is 0 Å². The van der Waals surface area contributed by atoms with Gasteiger partial charge in [-0.1, -0.05) is 140 Å². The number of pyridine rings is 1. The predicted octanol–water partition coefficient (Wildman–Crippen LogP) is 9.97. The molecule has 0 spiro atoms. The number of hydrogen-bond donors (Lipinski definition) is 1. The molecule has 0 saturated carbocycles. The Balaban J connectivity index is 1.17. The van der Waals surface area contributed by atoms with Crippen molar-refractivity contribution in [1.29, 1.82) is 0 Å². The van der Waals surface area contributed by atoms with Crippen molar-refractivity contribution in [3.05, 3.63) is 192 Å². The third-order valence-electron chi connectivity index (χ3n) is 9.06. The van der Waals surface area contributed by atoms with Crippen LogP contribution in [0.2, 0.25) is 0 Å². The zero-order chi connectivity index (χ0) is 31.2. The third kappa shape index (κ3) is 4.79. The number of para-hydroxylation sites is 2. The zero-order valence-corrected chi connectivity index (χ0v) is 25.6. The average molecular weight is 603 g/mol. The summed E-state index contributed by atoms with van der Waals surface area (Å²) in [6, 6.07) is 59.5. The first-order valence-electron chi connectivity index (χ1n) is 16.0. The number of benzene rings is 6. The van der Waals surface area contributed by atoms with Crippen LogP contribution in [0.1, 0.15) is 28.3 Å². The Kier molecular flexibility index (Phi) is 6.50. The second kappa shape index (κ2) is 11.3. The first-order chi connectivity index (χ1) is 23.3. The minimum atomic E-state index is -0.117. The van der Waals surface area contributed by atoms with E-state index in [0.717, 1.165) is 67.1 Å². The normalized spacial score (nSPS) is 14.8. The van der Waals surface area contributed by atoms with Crippen LogP contribution in [0.4, 0.5) is 0 Å². The molecule has 4 heteroatoms. The van der Waals surface area contributed by atoms with Crippen molar-refractivity contribution < 1.29 is 0 Å². The molecule has 0 radical (unpaired) electrons. The molecule has 1 atom stereocenters. The fraction of sp³-hybridized carbons (Fsp3) is 0.0233. The lowest BCUT2D eigenvalue weighted by atomic mass is 9.91. The summed E-state index contributed by atoms with van der Waals surface area (Å²) in [5, 5.41) is 5.10. The molecule has 47 heavy (non-hydrogen) atoms. The molecule has 4 nitrogen and oxygen atoms in total. The minimum Gasteiger partial charge on any atom is -0.370 e. The topological polar surface area (TPSA) is 41.7 Å². The Bertz CT molecular complexity index is 2460. The molecular weight excluding hydrogens is 573 g/mol. The Hall–Kier alpha value is -6.26.